The largest absolute Gasteiger partial charge is 0.481 e. The van der Waals surface area contributed by atoms with E-state index in [1.165, 1.54) is 4.90 Å². The minimum absolute atomic E-state index is 0.0922. The molecule has 2 aliphatic carbocycles. The number of imide groups is 1. The van der Waals surface area contributed by atoms with Crippen LogP contribution in [-0.2, 0) is 19.2 Å². The van der Waals surface area contributed by atoms with Crippen LogP contribution in [-0.4, -0.2) is 28.8 Å². The number of hydrogen-bond acceptors (Lipinski definition) is 4. The Kier molecular flexibility index (Phi) is 4.01. The molecule has 0 aromatic heterocycles. The molecule has 0 unspecified atom stereocenters. The Morgan fingerprint density at radius 1 is 1.00 bits per heavy atom. The van der Waals surface area contributed by atoms with Gasteiger partial charge in [0.15, 0.2) is 0 Å². The van der Waals surface area contributed by atoms with Gasteiger partial charge in [-0.15, -0.1) is 0 Å². The van der Waals surface area contributed by atoms with E-state index in [1.807, 2.05) is 0 Å². The number of carbonyl (C=O) groups is 4. The van der Waals surface area contributed by atoms with E-state index in [1.54, 1.807) is 24.3 Å². The summed E-state index contributed by atoms with van der Waals surface area (Å²) in [6.07, 6.45) is 2.75. The molecular formula is C19H20N2O5. The topological polar surface area (TPSA) is 104 Å². The van der Waals surface area contributed by atoms with Crippen molar-refractivity contribution < 1.29 is 24.3 Å². The third kappa shape index (κ3) is 2.67. The zero-order valence-corrected chi connectivity index (χ0v) is 14.2. The number of nitrogens with one attached hydrogen (secondary N) is 1. The van der Waals surface area contributed by atoms with Crippen LogP contribution in [0.2, 0.25) is 0 Å². The molecule has 1 saturated heterocycles. The maximum atomic E-state index is 12.8. The van der Waals surface area contributed by atoms with E-state index in [2.05, 4.69) is 5.32 Å². The van der Waals surface area contributed by atoms with Gasteiger partial charge < -0.3 is 10.4 Å². The standard InChI is InChI=1S/C19H20N2O5/c22-14(7-8-15(23)24)20-12-3-5-13(6-4-12)21-18(25)16-10-1-2-11(9-10)17(16)19(21)26/h3-6,10-11,16-17H,1-2,7-9H2,(H,20,22)(H,23,24)/t10-,11+,16-,17+. The molecule has 1 aromatic rings. The zero-order chi connectivity index (χ0) is 18.4. The molecule has 1 aliphatic heterocycles. The maximum Gasteiger partial charge on any atom is 0.303 e. The molecule has 0 radical (unpaired) electrons. The summed E-state index contributed by atoms with van der Waals surface area (Å²) in [6.45, 7) is 0. The Hall–Kier alpha value is -2.70. The SMILES string of the molecule is O=C(O)CCC(=O)Nc1ccc(N2C(=O)[C@@H]3[C@@H]4CC[C@@H](C4)[C@@H]3C2=O)cc1. The summed E-state index contributed by atoms with van der Waals surface area (Å²) in [5.74, 6) is -1.22. The van der Waals surface area contributed by atoms with Crippen molar-refractivity contribution in [3.05, 3.63) is 24.3 Å². The number of carboxylic acids is 1. The first-order valence-corrected chi connectivity index (χ1v) is 8.95. The summed E-state index contributed by atoms with van der Waals surface area (Å²) in [5, 5.41) is 11.2. The van der Waals surface area contributed by atoms with E-state index in [0.29, 0.717) is 23.2 Å². The van der Waals surface area contributed by atoms with Crippen molar-refractivity contribution in [1.29, 1.82) is 0 Å². The number of aliphatic carboxylic acids is 1. The predicted octanol–water partition coefficient (Wildman–Crippen LogP) is 2.03. The van der Waals surface area contributed by atoms with Crippen molar-refractivity contribution in [3.63, 3.8) is 0 Å². The van der Waals surface area contributed by atoms with Gasteiger partial charge in [-0.3, -0.25) is 24.1 Å². The molecule has 4 atom stereocenters. The highest BCUT2D eigenvalue weighted by molar-refractivity contribution is 6.22. The number of rotatable bonds is 5. The minimum atomic E-state index is -1.03. The highest BCUT2D eigenvalue weighted by atomic mass is 16.4. The molecule has 136 valence electrons. The fourth-order valence-electron chi connectivity index (χ4n) is 4.80. The molecule has 2 bridgehead atoms. The van der Waals surface area contributed by atoms with Crippen molar-refractivity contribution in [2.75, 3.05) is 10.2 Å². The molecule has 2 saturated carbocycles. The minimum Gasteiger partial charge on any atom is -0.481 e. The van der Waals surface area contributed by atoms with Gasteiger partial charge in [0.2, 0.25) is 17.7 Å². The van der Waals surface area contributed by atoms with Crippen LogP contribution < -0.4 is 10.2 Å². The number of anilines is 2. The van der Waals surface area contributed by atoms with Gasteiger partial charge in [-0.1, -0.05) is 0 Å². The Morgan fingerprint density at radius 2 is 1.58 bits per heavy atom. The molecular weight excluding hydrogens is 336 g/mol. The molecule has 26 heavy (non-hydrogen) atoms. The molecule has 1 heterocycles. The fourth-order valence-corrected chi connectivity index (χ4v) is 4.80. The van der Waals surface area contributed by atoms with Crippen LogP contribution in [0.4, 0.5) is 11.4 Å². The van der Waals surface area contributed by atoms with Crippen molar-refractivity contribution in [2.45, 2.75) is 32.1 Å². The van der Waals surface area contributed by atoms with Gasteiger partial charge >= 0.3 is 5.97 Å². The highest BCUT2D eigenvalue weighted by Crippen LogP contribution is 2.56. The first-order chi connectivity index (χ1) is 12.5. The van der Waals surface area contributed by atoms with Crippen LogP contribution in [0, 0.1) is 23.7 Å². The number of carboxylic acid groups (broad SMARTS) is 1. The second-order valence-electron chi connectivity index (χ2n) is 7.39. The van der Waals surface area contributed by atoms with Crippen LogP contribution >= 0.6 is 0 Å². The molecule has 3 amide bonds. The third-order valence-corrected chi connectivity index (χ3v) is 5.90. The normalized spacial score (nSPS) is 29.2. The molecule has 7 heteroatoms. The van der Waals surface area contributed by atoms with E-state index in [9.17, 15) is 19.2 Å². The van der Waals surface area contributed by atoms with Gasteiger partial charge in [-0.25, -0.2) is 0 Å². The number of carbonyl (C=O) groups excluding carboxylic acids is 3. The highest BCUT2D eigenvalue weighted by Gasteiger charge is 2.61. The van der Waals surface area contributed by atoms with E-state index in [0.717, 1.165) is 19.3 Å². The van der Waals surface area contributed by atoms with E-state index >= 15 is 0 Å². The average molecular weight is 356 g/mol. The predicted molar refractivity (Wildman–Crippen MR) is 92.2 cm³/mol. The first kappa shape index (κ1) is 16.8. The lowest BCUT2D eigenvalue weighted by Gasteiger charge is -2.19. The summed E-state index contributed by atoms with van der Waals surface area (Å²) in [6, 6.07) is 6.53. The van der Waals surface area contributed by atoms with E-state index in [4.69, 9.17) is 5.11 Å². The molecule has 2 N–H and O–H groups in total. The Balaban J connectivity index is 1.46. The Labute approximate surface area is 150 Å². The van der Waals surface area contributed by atoms with Crippen LogP contribution in [0.5, 0.6) is 0 Å². The number of fused-ring (bicyclic) bond motifs is 5. The monoisotopic (exact) mass is 356 g/mol. The van der Waals surface area contributed by atoms with Gasteiger partial charge in [0, 0.05) is 12.1 Å². The van der Waals surface area contributed by atoms with Gasteiger partial charge in [-0.05, 0) is 55.4 Å². The summed E-state index contributed by atoms with van der Waals surface area (Å²) in [4.78, 5) is 49.0. The molecule has 7 nitrogen and oxygen atoms in total. The van der Waals surface area contributed by atoms with E-state index in [-0.39, 0.29) is 42.4 Å². The number of nitrogens with zero attached hydrogens (tertiary/aromatic N) is 1. The summed E-state index contributed by atoms with van der Waals surface area (Å²) >= 11 is 0. The maximum absolute atomic E-state index is 12.8. The van der Waals surface area contributed by atoms with Gasteiger partial charge in [0.1, 0.15) is 0 Å². The molecule has 3 aliphatic rings. The summed E-state index contributed by atoms with van der Waals surface area (Å²) in [7, 11) is 0. The van der Waals surface area contributed by atoms with Crippen molar-refractivity contribution >= 4 is 35.1 Å². The van der Waals surface area contributed by atoms with Gasteiger partial charge in [0.05, 0.1) is 23.9 Å². The smallest absolute Gasteiger partial charge is 0.303 e. The lowest BCUT2D eigenvalue weighted by molar-refractivity contribution is -0.138. The fraction of sp³-hybridized carbons (Fsp3) is 0.474. The van der Waals surface area contributed by atoms with Crippen molar-refractivity contribution in [1.82, 2.24) is 0 Å². The van der Waals surface area contributed by atoms with Gasteiger partial charge in [-0.2, -0.15) is 0 Å². The van der Waals surface area contributed by atoms with Crippen LogP contribution in [0.1, 0.15) is 32.1 Å². The molecule has 1 aromatic carbocycles. The number of amides is 3. The number of hydrogen-bond donors (Lipinski definition) is 2. The first-order valence-electron chi connectivity index (χ1n) is 8.95. The third-order valence-electron chi connectivity index (χ3n) is 5.90. The lowest BCUT2D eigenvalue weighted by atomic mass is 9.81. The van der Waals surface area contributed by atoms with Crippen LogP contribution in [0.25, 0.3) is 0 Å². The summed E-state index contributed by atoms with van der Waals surface area (Å²) < 4.78 is 0. The molecule has 0 spiro atoms. The average Bonchev–Trinajstić information content (AvgIpc) is 3.28. The summed E-state index contributed by atoms with van der Waals surface area (Å²) in [5.41, 5.74) is 1.03. The number of benzene rings is 1. The van der Waals surface area contributed by atoms with Crippen LogP contribution in [0.15, 0.2) is 24.3 Å². The second kappa shape index (κ2) is 6.23. The molecule has 3 fully saturated rings. The zero-order valence-electron chi connectivity index (χ0n) is 14.2. The van der Waals surface area contributed by atoms with Crippen molar-refractivity contribution in [2.24, 2.45) is 23.7 Å². The van der Waals surface area contributed by atoms with Crippen molar-refractivity contribution in [3.8, 4) is 0 Å². The van der Waals surface area contributed by atoms with E-state index < -0.39 is 5.97 Å². The second-order valence-corrected chi connectivity index (χ2v) is 7.39. The quantitative estimate of drug-likeness (QED) is 0.786. The Bertz CT molecular complexity index is 760. The molecule has 4 rings (SSSR count). The van der Waals surface area contributed by atoms with Crippen LogP contribution in [0.3, 0.4) is 0 Å². The lowest BCUT2D eigenvalue weighted by Crippen LogP contribution is -2.32. The van der Waals surface area contributed by atoms with Gasteiger partial charge in [0.25, 0.3) is 0 Å². The Morgan fingerprint density at radius 3 is 2.12 bits per heavy atom.